The normalized spacial score (nSPS) is 10.7. The highest BCUT2D eigenvalue weighted by Crippen LogP contribution is 2.15. The van der Waals surface area contributed by atoms with Crippen LogP contribution < -0.4 is 5.73 Å². The van der Waals surface area contributed by atoms with E-state index in [0.29, 0.717) is 18.8 Å². The van der Waals surface area contributed by atoms with Crippen molar-refractivity contribution in [1.29, 1.82) is 0 Å². The van der Waals surface area contributed by atoms with Gasteiger partial charge in [-0.1, -0.05) is 0 Å². The summed E-state index contributed by atoms with van der Waals surface area (Å²) in [7, 11) is 1.64. The van der Waals surface area contributed by atoms with Gasteiger partial charge in [-0.2, -0.15) is 5.10 Å². The number of nitrogens with zero attached hydrogens (tertiary/aromatic N) is 2. The van der Waals surface area contributed by atoms with Crippen molar-refractivity contribution in [1.82, 2.24) is 9.78 Å². The molecule has 1 aromatic heterocycles. The largest absolute Gasteiger partial charge is 0.384 e. The molecule has 4 nitrogen and oxygen atoms in total. The van der Waals surface area contributed by atoms with Crippen molar-refractivity contribution in [2.24, 2.45) is 0 Å². The third-order valence-corrected chi connectivity index (χ3v) is 2.42. The minimum absolute atomic E-state index is 0.279. The van der Waals surface area contributed by atoms with Crippen LogP contribution in [-0.4, -0.2) is 23.5 Å². The number of rotatable bonds is 4. The topological polar surface area (TPSA) is 53.1 Å². The number of methoxy groups -OCH3 is 1. The van der Waals surface area contributed by atoms with E-state index in [2.05, 4.69) is 5.10 Å². The fourth-order valence-electron chi connectivity index (χ4n) is 1.56. The summed E-state index contributed by atoms with van der Waals surface area (Å²) in [6.07, 6.45) is 0.703. The summed E-state index contributed by atoms with van der Waals surface area (Å²) in [6.45, 7) is 0.597. The van der Waals surface area contributed by atoms with Crippen molar-refractivity contribution in [3.63, 3.8) is 0 Å². The molecule has 2 N–H and O–H groups in total. The molecule has 0 aliphatic rings. The predicted octanol–water partition coefficient (Wildman–Crippen LogP) is 1.78. The zero-order valence-electron chi connectivity index (χ0n) is 9.56. The molecule has 0 bridgehead atoms. The van der Waals surface area contributed by atoms with E-state index in [1.54, 1.807) is 30.0 Å². The SMILES string of the molecule is COCCc1cc(N)n(-c2ccc(F)cc2)n1. The van der Waals surface area contributed by atoms with E-state index >= 15 is 0 Å². The second-order valence-electron chi connectivity index (χ2n) is 3.69. The molecule has 1 heterocycles. The maximum atomic E-state index is 12.8. The highest BCUT2D eigenvalue weighted by molar-refractivity contribution is 5.42. The fourth-order valence-corrected chi connectivity index (χ4v) is 1.56. The molecule has 0 amide bonds. The molecule has 0 aliphatic heterocycles. The Morgan fingerprint density at radius 2 is 2.06 bits per heavy atom. The quantitative estimate of drug-likeness (QED) is 0.878. The molecule has 0 unspecified atom stereocenters. The minimum Gasteiger partial charge on any atom is -0.384 e. The van der Waals surface area contributed by atoms with Crippen LogP contribution in [0.1, 0.15) is 5.69 Å². The van der Waals surface area contributed by atoms with Crippen LogP contribution in [0.3, 0.4) is 0 Å². The number of hydrogen-bond donors (Lipinski definition) is 1. The summed E-state index contributed by atoms with van der Waals surface area (Å²) in [5.41, 5.74) is 7.45. The molecule has 1 aromatic carbocycles. The second-order valence-corrected chi connectivity index (χ2v) is 3.69. The molecule has 0 radical (unpaired) electrons. The van der Waals surface area contributed by atoms with Crippen molar-refractivity contribution in [2.75, 3.05) is 19.5 Å². The monoisotopic (exact) mass is 235 g/mol. The number of anilines is 1. The van der Waals surface area contributed by atoms with E-state index < -0.39 is 0 Å². The third kappa shape index (κ3) is 2.62. The number of nitrogens with two attached hydrogens (primary N) is 1. The van der Waals surface area contributed by atoms with Crippen LogP contribution >= 0.6 is 0 Å². The molecule has 0 aliphatic carbocycles. The first-order valence-electron chi connectivity index (χ1n) is 5.30. The number of hydrogen-bond acceptors (Lipinski definition) is 3. The summed E-state index contributed by atoms with van der Waals surface area (Å²) in [5.74, 6) is 0.252. The number of ether oxygens (including phenoxy) is 1. The average Bonchev–Trinajstić information content (AvgIpc) is 2.69. The number of aromatic nitrogens is 2. The molecule has 0 saturated carbocycles. The first-order chi connectivity index (χ1) is 8.20. The van der Waals surface area contributed by atoms with E-state index in [1.807, 2.05) is 0 Å². The highest BCUT2D eigenvalue weighted by atomic mass is 19.1. The maximum absolute atomic E-state index is 12.8. The summed E-state index contributed by atoms with van der Waals surface area (Å²) in [4.78, 5) is 0. The molecule has 2 aromatic rings. The first-order valence-corrected chi connectivity index (χ1v) is 5.30. The van der Waals surface area contributed by atoms with E-state index in [9.17, 15) is 4.39 Å². The molecule has 0 spiro atoms. The standard InChI is InChI=1S/C12H14FN3O/c1-17-7-6-10-8-12(14)16(15-10)11-4-2-9(13)3-5-11/h2-5,8H,6-7,14H2,1H3. The van der Waals surface area contributed by atoms with Gasteiger partial charge < -0.3 is 10.5 Å². The van der Waals surface area contributed by atoms with Gasteiger partial charge in [0.2, 0.25) is 0 Å². The molecule has 5 heteroatoms. The fraction of sp³-hybridized carbons (Fsp3) is 0.250. The third-order valence-electron chi connectivity index (χ3n) is 2.42. The van der Waals surface area contributed by atoms with Gasteiger partial charge in [-0.05, 0) is 24.3 Å². The van der Waals surface area contributed by atoms with Gasteiger partial charge in [-0.25, -0.2) is 9.07 Å². The molecule has 17 heavy (non-hydrogen) atoms. The molecule has 90 valence electrons. The van der Waals surface area contributed by atoms with E-state index in [-0.39, 0.29) is 5.82 Å². The summed E-state index contributed by atoms with van der Waals surface area (Å²) in [6, 6.07) is 7.83. The number of benzene rings is 1. The summed E-state index contributed by atoms with van der Waals surface area (Å²) >= 11 is 0. The molecule has 0 saturated heterocycles. The maximum Gasteiger partial charge on any atom is 0.127 e. The Morgan fingerprint density at radius 3 is 2.71 bits per heavy atom. The Hall–Kier alpha value is -1.88. The smallest absolute Gasteiger partial charge is 0.127 e. The second kappa shape index (κ2) is 4.97. The van der Waals surface area contributed by atoms with Gasteiger partial charge in [0, 0.05) is 19.6 Å². The van der Waals surface area contributed by atoms with Crippen LogP contribution in [0.25, 0.3) is 5.69 Å². The lowest BCUT2D eigenvalue weighted by molar-refractivity contribution is 0.201. The lowest BCUT2D eigenvalue weighted by atomic mass is 10.3. The molecular weight excluding hydrogens is 221 g/mol. The van der Waals surface area contributed by atoms with Crippen molar-refractivity contribution in [2.45, 2.75) is 6.42 Å². The Bertz CT molecular complexity index is 493. The van der Waals surface area contributed by atoms with Crippen LogP contribution in [0.5, 0.6) is 0 Å². The summed E-state index contributed by atoms with van der Waals surface area (Å²) in [5, 5.41) is 4.34. The Kier molecular flexibility index (Phi) is 3.39. The van der Waals surface area contributed by atoms with Gasteiger partial charge in [0.05, 0.1) is 18.0 Å². The van der Waals surface area contributed by atoms with Crippen molar-refractivity contribution in [3.8, 4) is 5.69 Å². The van der Waals surface area contributed by atoms with Gasteiger partial charge in [0.25, 0.3) is 0 Å². The van der Waals surface area contributed by atoms with Crippen LogP contribution in [0.15, 0.2) is 30.3 Å². The van der Waals surface area contributed by atoms with Gasteiger partial charge in [-0.15, -0.1) is 0 Å². The zero-order chi connectivity index (χ0) is 12.3. The highest BCUT2D eigenvalue weighted by Gasteiger charge is 2.06. The molecule has 0 atom stereocenters. The van der Waals surface area contributed by atoms with Crippen molar-refractivity contribution in [3.05, 3.63) is 41.8 Å². The van der Waals surface area contributed by atoms with Gasteiger partial charge in [0.15, 0.2) is 0 Å². The predicted molar refractivity (Wildman–Crippen MR) is 63.5 cm³/mol. The van der Waals surface area contributed by atoms with E-state index in [0.717, 1.165) is 11.4 Å². The molecular formula is C12H14FN3O. The van der Waals surface area contributed by atoms with E-state index in [4.69, 9.17) is 10.5 Å². The van der Waals surface area contributed by atoms with Crippen LogP contribution in [0, 0.1) is 5.82 Å². The van der Waals surface area contributed by atoms with E-state index in [1.165, 1.54) is 12.1 Å². The Labute approximate surface area is 98.8 Å². The number of halogens is 1. The molecule has 0 fully saturated rings. The van der Waals surface area contributed by atoms with Crippen molar-refractivity contribution < 1.29 is 9.13 Å². The van der Waals surface area contributed by atoms with Gasteiger partial charge >= 0.3 is 0 Å². The van der Waals surface area contributed by atoms with Gasteiger partial charge in [0.1, 0.15) is 11.6 Å². The Balaban J connectivity index is 2.26. The molecule has 2 rings (SSSR count). The zero-order valence-corrected chi connectivity index (χ0v) is 9.56. The van der Waals surface area contributed by atoms with Gasteiger partial charge in [-0.3, -0.25) is 0 Å². The first kappa shape index (κ1) is 11.6. The van der Waals surface area contributed by atoms with Crippen LogP contribution in [-0.2, 0) is 11.2 Å². The lowest BCUT2D eigenvalue weighted by Crippen LogP contribution is -2.02. The number of nitrogen functional groups attached to an aromatic ring is 1. The average molecular weight is 235 g/mol. The Morgan fingerprint density at radius 1 is 1.35 bits per heavy atom. The van der Waals surface area contributed by atoms with Crippen LogP contribution in [0.2, 0.25) is 0 Å². The van der Waals surface area contributed by atoms with Crippen molar-refractivity contribution >= 4 is 5.82 Å². The van der Waals surface area contributed by atoms with Crippen LogP contribution in [0.4, 0.5) is 10.2 Å². The minimum atomic E-state index is -0.279. The lowest BCUT2D eigenvalue weighted by Gasteiger charge is -2.03. The summed E-state index contributed by atoms with van der Waals surface area (Å²) < 4.78 is 19.4.